The van der Waals surface area contributed by atoms with E-state index in [2.05, 4.69) is 35.6 Å². The molecule has 0 aliphatic carbocycles. The van der Waals surface area contributed by atoms with Gasteiger partial charge in [0.1, 0.15) is 5.69 Å². The third kappa shape index (κ3) is 5.60. The van der Waals surface area contributed by atoms with E-state index in [-0.39, 0.29) is 6.61 Å². The third-order valence-electron chi connectivity index (χ3n) is 5.06. The zero-order chi connectivity index (χ0) is 22.8. The summed E-state index contributed by atoms with van der Waals surface area (Å²) in [6, 6.07) is 10.1. The minimum atomic E-state index is -3.67. The standard InChI is InChI=1S/C20H22ClN3OS.CH4O3S/c1-3-23(4-2)9-10-24-16-8-5-13(12-25)20-18(16)19(22-24)15-7-6-14(21)11-17(15)26-20;1-5(2,3)4/h5-8,11,25H,3-4,9-10,12H2,1-2H3;1H3,(H,2,3,4). The summed E-state index contributed by atoms with van der Waals surface area (Å²) in [6.07, 6.45) is 0.715. The Labute approximate surface area is 191 Å². The largest absolute Gasteiger partial charge is 0.392 e. The molecule has 2 N–H and O–H groups in total. The van der Waals surface area contributed by atoms with Crippen LogP contribution in [0.15, 0.2) is 40.1 Å². The van der Waals surface area contributed by atoms with E-state index in [1.54, 1.807) is 11.8 Å². The summed E-state index contributed by atoms with van der Waals surface area (Å²) in [5, 5.41) is 16.6. The van der Waals surface area contributed by atoms with Crippen LogP contribution in [-0.2, 0) is 23.3 Å². The van der Waals surface area contributed by atoms with Crippen molar-refractivity contribution >= 4 is 44.4 Å². The molecule has 0 bridgehead atoms. The number of aliphatic hydroxyl groups excluding tert-OH is 1. The Kier molecular flexibility index (Phi) is 7.67. The first-order chi connectivity index (χ1) is 14.7. The molecule has 2 heterocycles. The van der Waals surface area contributed by atoms with Crippen LogP contribution in [0.2, 0.25) is 5.02 Å². The second-order valence-electron chi connectivity index (χ2n) is 7.18. The fraction of sp³-hybridized carbons (Fsp3) is 0.381. The number of rotatable bonds is 6. The molecule has 4 rings (SSSR count). The normalized spacial score (nSPS) is 12.6. The van der Waals surface area contributed by atoms with Crippen molar-refractivity contribution in [2.75, 3.05) is 25.9 Å². The Morgan fingerprint density at radius 3 is 2.48 bits per heavy atom. The number of aliphatic hydroxyl groups is 1. The maximum absolute atomic E-state index is 9.80. The zero-order valence-corrected chi connectivity index (χ0v) is 20.1. The number of aromatic nitrogens is 2. The van der Waals surface area contributed by atoms with Crippen molar-refractivity contribution < 1.29 is 18.1 Å². The van der Waals surface area contributed by atoms with Crippen LogP contribution in [-0.4, -0.2) is 58.6 Å². The summed E-state index contributed by atoms with van der Waals surface area (Å²) >= 11 is 7.89. The molecule has 168 valence electrons. The summed E-state index contributed by atoms with van der Waals surface area (Å²) in [5.74, 6) is 0. The van der Waals surface area contributed by atoms with Crippen LogP contribution in [0.5, 0.6) is 0 Å². The molecule has 0 amide bonds. The summed E-state index contributed by atoms with van der Waals surface area (Å²) < 4.78 is 28.0. The highest BCUT2D eigenvalue weighted by Gasteiger charge is 2.26. The van der Waals surface area contributed by atoms with Crippen LogP contribution in [0, 0.1) is 0 Å². The van der Waals surface area contributed by atoms with E-state index in [4.69, 9.17) is 21.3 Å². The van der Waals surface area contributed by atoms with Gasteiger partial charge in [-0.1, -0.05) is 49.3 Å². The van der Waals surface area contributed by atoms with Gasteiger partial charge in [-0.2, -0.15) is 13.5 Å². The lowest BCUT2D eigenvalue weighted by molar-refractivity contribution is 0.279. The SMILES string of the molecule is CCN(CC)CCn1nc2c3c(c(CO)ccc31)Sc1cc(Cl)ccc1-2.CS(=O)(=O)O. The Bertz CT molecular complexity index is 1180. The molecule has 0 fully saturated rings. The lowest BCUT2D eigenvalue weighted by atomic mass is 10.0. The first kappa shape index (κ1) is 24.0. The van der Waals surface area contributed by atoms with E-state index >= 15 is 0 Å². The zero-order valence-electron chi connectivity index (χ0n) is 17.7. The van der Waals surface area contributed by atoms with Gasteiger partial charge in [-0.3, -0.25) is 9.23 Å². The van der Waals surface area contributed by atoms with Crippen LogP contribution in [0.1, 0.15) is 19.4 Å². The summed E-state index contributed by atoms with van der Waals surface area (Å²) in [7, 11) is -3.67. The minimum absolute atomic E-state index is 0.0260. The van der Waals surface area contributed by atoms with Gasteiger partial charge in [0.15, 0.2) is 0 Å². The van der Waals surface area contributed by atoms with Crippen molar-refractivity contribution in [3.8, 4) is 11.3 Å². The molecule has 0 unspecified atom stereocenters. The van der Waals surface area contributed by atoms with Gasteiger partial charge < -0.3 is 10.0 Å². The third-order valence-corrected chi connectivity index (χ3v) is 6.52. The molecule has 1 aromatic heterocycles. The molecule has 0 spiro atoms. The van der Waals surface area contributed by atoms with Crippen molar-refractivity contribution in [2.45, 2.75) is 36.8 Å². The fourth-order valence-corrected chi connectivity index (χ4v) is 5.03. The van der Waals surface area contributed by atoms with Crippen LogP contribution in [0.3, 0.4) is 0 Å². The second kappa shape index (κ2) is 9.89. The van der Waals surface area contributed by atoms with Gasteiger partial charge in [0.05, 0.1) is 24.9 Å². The molecular formula is C21H26ClN3O4S2. The Hall–Kier alpha value is -1.62. The van der Waals surface area contributed by atoms with Crippen LogP contribution in [0.4, 0.5) is 0 Å². The van der Waals surface area contributed by atoms with E-state index in [0.717, 1.165) is 68.7 Å². The first-order valence-electron chi connectivity index (χ1n) is 9.92. The van der Waals surface area contributed by atoms with Crippen molar-refractivity contribution in [1.82, 2.24) is 14.7 Å². The van der Waals surface area contributed by atoms with Gasteiger partial charge in [-0.15, -0.1) is 0 Å². The molecule has 7 nitrogen and oxygen atoms in total. The van der Waals surface area contributed by atoms with E-state index in [9.17, 15) is 13.5 Å². The van der Waals surface area contributed by atoms with Crippen LogP contribution in [0.25, 0.3) is 22.2 Å². The molecule has 3 aromatic rings. The second-order valence-corrected chi connectivity index (χ2v) is 10.1. The summed E-state index contributed by atoms with van der Waals surface area (Å²) in [6.45, 7) is 8.31. The van der Waals surface area contributed by atoms with Gasteiger partial charge in [-0.05, 0) is 36.9 Å². The average Bonchev–Trinajstić information content (AvgIpc) is 3.07. The molecular weight excluding hydrogens is 458 g/mol. The Morgan fingerprint density at radius 2 is 1.87 bits per heavy atom. The molecule has 2 aromatic carbocycles. The highest BCUT2D eigenvalue weighted by molar-refractivity contribution is 7.99. The van der Waals surface area contributed by atoms with Crippen molar-refractivity contribution in [1.29, 1.82) is 0 Å². The molecule has 0 saturated heterocycles. The van der Waals surface area contributed by atoms with E-state index in [1.807, 2.05) is 18.2 Å². The molecule has 0 atom stereocenters. The molecule has 10 heteroatoms. The van der Waals surface area contributed by atoms with Gasteiger partial charge >= 0.3 is 0 Å². The van der Waals surface area contributed by atoms with Gasteiger partial charge in [-0.25, -0.2) is 0 Å². The number of hydrogen-bond donors (Lipinski definition) is 2. The highest BCUT2D eigenvalue weighted by Crippen LogP contribution is 2.49. The van der Waals surface area contributed by atoms with E-state index < -0.39 is 10.1 Å². The molecule has 0 saturated carbocycles. The number of fused-ring (bicyclic) bond motifs is 2. The summed E-state index contributed by atoms with van der Waals surface area (Å²) in [4.78, 5) is 4.60. The number of hydrogen-bond acceptors (Lipinski definition) is 6. The Morgan fingerprint density at radius 1 is 1.19 bits per heavy atom. The molecule has 0 radical (unpaired) electrons. The smallest absolute Gasteiger partial charge is 0.261 e. The van der Waals surface area contributed by atoms with Crippen LogP contribution >= 0.6 is 23.4 Å². The predicted molar refractivity (Wildman–Crippen MR) is 125 cm³/mol. The van der Waals surface area contributed by atoms with Crippen LogP contribution < -0.4 is 0 Å². The highest BCUT2D eigenvalue weighted by atomic mass is 35.5. The quantitative estimate of drug-likeness (QED) is 0.397. The van der Waals surface area contributed by atoms with Gasteiger partial charge in [0.2, 0.25) is 0 Å². The fourth-order valence-electron chi connectivity index (χ4n) is 3.55. The molecule has 31 heavy (non-hydrogen) atoms. The summed E-state index contributed by atoms with van der Waals surface area (Å²) in [5.41, 5.74) is 4.19. The van der Waals surface area contributed by atoms with Gasteiger partial charge in [0.25, 0.3) is 10.1 Å². The predicted octanol–water partition coefficient (Wildman–Crippen LogP) is 4.16. The Balaban J connectivity index is 0.000000491. The monoisotopic (exact) mass is 483 g/mol. The number of nitrogens with zero attached hydrogens (tertiary/aromatic N) is 3. The topological polar surface area (TPSA) is 95.7 Å². The van der Waals surface area contributed by atoms with Gasteiger partial charge in [0, 0.05) is 32.3 Å². The van der Waals surface area contributed by atoms with E-state index in [1.165, 1.54) is 0 Å². The van der Waals surface area contributed by atoms with Crippen molar-refractivity contribution in [3.63, 3.8) is 0 Å². The van der Waals surface area contributed by atoms with Crippen molar-refractivity contribution in [3.05, 3.63) is 40.9 Å². The minimum Gasteiger partial charge on any atom is -0.392 e. The first-order valence-corrected chi connectivity index (χ1v) is 13.0. The molecule has 1 aliphatic heterocycles. The lowest BCUT2D eigenvalue weighted by Crippen LogP contribution is -2.27. The van der Waals surface area contributed by atoms with Crippen molar-refractivity contribution in [2.24, 2.45) is 0 Å². The maximum Gasteiger partial charge on any atom is 0.261 e. The number of benzene rings is 2. The molecule has 1 aliphatic rings. The average molecular weight is 484 g/mol. The maximum atomic E-state index is 9.80. The number of halogens is 1. The van der Waals surface area contributed by atoms with E-state index in [0.29, 0.717) is 6.26 Å². The number of likely N-dealkylation sites (N-methyl/N-ethyl adjacent to an activating group) is 1. The lowest BCUT2D eigenvalue weighted by Gasteiger charge is -2.18.